The van der Waals surface area contributed by atoms with Gasteiger partial charge in [0.25, 0.3) is 5.91 Å². The van der Waals surface area contributed by atoms with E-state index in [2.05, 4.69) is 9.97 Å². The van der Waals surface area contributed by atoms with E-state index in [0.717, 1.165) is 19.4 Å². The molecule has 1 aromatic heterocycles. The second-order valence-corrected chi connectivity index (χ2v) is 5.19. The minimum absolute atomic E-state index is 0.0512. The molecule has 104 valence electrons. The Morgan fingerprint density at radius 1 is 1.63 bits per heavy atom. The Balaban J connectivity index is 1.97. The molecule has 0 radical (unpaired) electrons. The summed E-state index contributed by atoms with van der Waals surface area (Å²) >= 11 is 0. The monoisotopic (exact) mass is 265 g/mol. The minimum atomic E-state index is -0.774. The number of carbonyl (C=O) groups is 2. The van der Waals surface area contributed by atoms with Crippen LogP contribution in [0.5, 0.6) is 0 Å². The number of hydrogen-bond acceptors (Lipinski definition) is 3. The summed E-state index contributed by atoms with van der Waals surface area (Å²) < 4.78 is 0. The fourth-order valence-corrected chi connectivity index (χ4v) is 2.64. The van der Waals surface area contributed by atoms with Crippen LogP contribution in [0.25, 0.3) is 0 Å². The normalized spacial score (nSPS) is 21.1. The van der Waals surface area contributed by atoms with E-state index in [9.17, 15) is 9.59 Å². The van der Waals surface area contributed by atoms with Crippen molar-refractivity contribution in [2.24, 2.45) is 11.8 Å². The number of aromatic amines is 1. The number of carboxylic acid groups (broad SMARTS) is 1. The Kier molecular flexibility index (Phi) is 4.19. The first kappa shape index (κ1) is 13.6. The number of aromatic nitrogens is 2. The smallest absolute Gasteiger partial charge is 0.303 e. The summed E-state index contributed by atoms with van der Waals surface area (Å²) in [6, 6.07) is 0. The molecule has 1 aliphatic rings. The first-order valence-corrected chi connectivity index (χ1v) is 6.57. The van der Waals surface area contributed by atoms with Gasteiger partial charge in [-0.05, 0) is 24.7 Å². The molecule has 6 nitrogen and oxygen atoms in total. The first-order chi connectivity index (χ1) is 9.08. The number of piperidine rings is 1. The molecule has 2 N–H and O–H groups in total. The molecule has 19 heavy (non-hydrogen) atoms. The Hall–Kier alpha value is -1.85. The molecule has 2 unspecified atom stereocenters. The Morgan fingerprint density at radius 3 is 3.05 bits per heavy atom. The molecular formula is C13H19N3O3. The molecule has 0 aliphatic carbocycles. The van der Waals surface area contributed by atoms with Crippen LogP contribution in [-0.4, -0.2) is 44.9 Å². The summed E-state index contributed by atoms with van der Waals surface area (Å²) in [5, 5.41) is 8.85. The lowest BCUT2D eigenvalue weighted by molar-refractivity contribution is -0.138. The van der Waals surface area contributed by atoms with Crippen molar-refractivity contribution < 1.29 is 14.7 Å². The fourth-order valence-electron chi connectivity index (χ4n) is 2.64. The number of amides is 1. The summed E-state index contributed by atoms with van der Waals surface area (Å²) in [6.07, 6.45) is 5.08. The van der Waals surface area contributed by atoms with Gasteiger partial charge in [0.2, 0.25) is 0 Å². The molecule has 2 heterocycles. The highest BCUT2D eigenvalue weighted by Gasteiger charge is 2.29. The number of hydrogen-bond donors (Lipinski definition) is 2. The van der Waals surface area contributed by atoms with Gasteiger partial charge in [0, 0.05) is 19.5 Å². The second kappa shape index (κ2) is 5.86. The van der Waals surface area contributed by atoms with E-state index in [1.807, 2.05) is 6.92 Å². The van der Waals surface area contributed by atoms with E-state index < -0.39 is 5.97 Å². The van der Waals surface area contributed by atoms with Crippen LogP contribution in [0.4, 0.5) is 0 Å². The summed E-state index contributed by atoms with van der Waals surface area (Å²) in [5.74, 6) is -0.471. The van der Waals surface area contributed by atoms with Crippen molar-refractivity contribution in [2.75, 3.05) is 13.1 Å². The topological polar surface area (TPSA) is 86.3 Å². The van der Waals surface area contributed by atoms with E-state index in [1.165, 1.54) is 12.5 Å². The fraction of sp³-hybridized carbons (Fsp3) is 0.615. The molecule has 1 amide bonds. The number of imidazole rings is 1. The van der Waals surface area contributed by atoms with Crippen molar-refractivity contribution in [1.29, 1.82) is 0 Å². The summed E-state index contributed by atoms with van der Waals surface area (Å²) in [5.41, 5.74) is 0.492. The predicted octanol–water partition coefficient (Wildman–Crippen LogP) is 1.37. The average Bonchev–Trinajstić information content (AvgIpc) is 2.91. The van der Waals surface area contributed by atoms with Gasteiger partial charge >= 0.3 is 5.97 Å². The van der Waals surface area contributed by atoms with Crippen molar-refractivity contribution in [3.8, 4) is 0 Å². The van der Waals surface area contributed by atoms with Crippen molar-refractivity contribution >= 4 is 11.9 Å². The highest BCUT2D eigenvalue weighted by atomic mass is 16.4. The van der Waals surface area contributed by atoms with Crippen molar-refractivity contribution in [2.45, 2.75) is 26.2 Å². The van der Waals surface area contributed by atoms with Crippen LogP contribution < -0.4 is 0 Å². The number of nitrogens with one attached hydrogen (secondary N) is 1. The number of likely N-dealkylation sites (tertiary alicyclic amines) is 1. The standard InChI is InChI=1S/C13H19N3O3/c1-9(5-12(17)18)10-3-2-4-16(7-10)13(19)11-6-14-8-15-11/h6,8-10H,2-5,7H2,1H3,(H,14,15)(H,17,18). The first-order valence-electron chi connectivity index (χ1n) is 6.57. The van der Waals surface area contributed by atoms with Gasteiger partial charge in [0.15, 0.2) is 0 Å². The highest BCUT2D eigenvalue weighted by Crippen LogP contribution is 2.26. The maximum Gasteiger partial charge on any atom is 0.303 e. The van der Waals surface area contributed by atoms with Crippen LogP contribution in [-0.2, 0) is 4.79 Å². The zero-order valence-corrected chi connectivity index (χ0v) is 11.0. The average molecular weight is 265 g/mol. The van der Waals surface area contributed by atoms with Crippen LogP contribution in [0.3, 0.4) is 0 Å². The van der Waals surface area contributed by atoms with Crippen LogP contribution in [0.1, 0.15) is 36.7 Å². The van der Waals surface area contributed by atoms with Gasteiger partial charge in [-0.15, -0.1) is 0 Å². The number of carboxylic acids is 1. The maximum absolute atomic E-state index is 12.2. The van der Waals surface area contributed by atoms with Crippen LogP contribution >= 0.6 is 0 Å². The van der Waals surface area contributed by atoms with Gasteiger partial charge in [-0.3, -0.25) is 9.59 Å². The van der Waals surface area contributed by atoms with E-state index in [-0.39, 0.29) is 24.2 Å². The van der Waals surface area contributed by atoms with Gasteiger partial charge in [0.05, 0.1) is 12.5 Å². The zero-order valence-electron chi connectivity index (χ0n) is 11.0. The summed E-state index contributed by atoms with van der Waals surface area (Å²) in [6.45, 7) is 3.31. The number of rotatable bonds is 4. The van der Waals surface area contributed by atoms with Crippen LogP contribution in [0, 0.1) is 11.8 Å². The quantitative estimate of drug-likeness (QED) is 0.861. The molecule has 0 bridgehead atoms. The van der Waals surface area contributed by atoms with Crippen LogP contribution in [0.15, 0.2) is 12.5 Å². The van der Waals surface area contributed by atoms with E-state index in [0.29, 0.717) is 12.2 Å². The molecule has 2 rings (SSSR count). The molecular weight excluding hydrogens is 246 g/mol. The third-order valence-corrected chi connectivity index (χ3v) is 3.78. The predicted molar refractivity (Wildman–Crippen MR) is 68.6 cm³/mol. The molecule has 1 fully saturated rings. The van der Waals surface area contributed by atoms with Gasteiger partial charge in [-0.25, -0.2) is 4.98 Å². The molecule has 0 spiro atoms. The number of H-pyrrole nitrogens is 1. The number of nitrogens with zero attached hydrogens (tertiary/aromatic N) is 2. The lowest BCUT2D eigenvalue weighted by Crippen LogP contribution is -2.42. The zero-order chi connectivity index (χ0) is 13.8. The maximum atomic E-state index is 12.2. The largest absolute Gasteiger partial charge is 0.481 e. The Bertz CT molecular complexity index is 444. The lowest BCUT2D eigenvalue weighted by atomic mass is 9.84. The van der Waals surface area contributed by atoms with Crippen LogP contribution in [0.2, 0.25) is 0 Å². The Labute approximate surface area is 111 Å². The van der Waals surface area contributed by atoms with E-state index in [4.69, 9.17) is 5.11 Å². The molecule has 1 aliphatic heterocycles. The van der Waals surface area contributed by atoms with Crippen molar-refractivity contribution in [3.05, 3.63) is 18.2 Å². The van der Waals surface area contributed by atoms with E-state index >= 15 is 0 Å². The number of aliphatic carboxylic acids is 1. The van der Waals surface area contributed by atoms with Gasteiger partial charge in [-0.2, -0.15) is 0 Å². The van der Waals surface area contributed by atoms with Gasteiger partial charge < -0.3 is 15.0 Å². The number of carbonyl (C=O) groups excluding carboxylic acids is 1. The second-order valence-electron chi connectivity index (χ2n) is 5.19. The Morgan fingerprint density at radius 2 is 2.42 bits per heavy atom. The lowest BCUT2D eigenvalue weighted by Gasteiger charge is -2.35. The SMILES string of the molecule is CC(CC(=O)O)C1CCCN(C(=O)c2cnc[nH]2)C1. The van der Waals surface area contributed by atoms with Gasteiger partial charge in [-0.1, -0.05) is 6.92 Å². The molecule has 2 atom stereocenters. The van der Waals surface area contributed by atoms with Gasteiger partial charge in [0.1, 0.15) is 5.69 Å². The molecule has 0 aromatic carbocycles. The molecule has 6 heteroatoms. The third-order valence-electron chi connectivity index (χ3n) is 3.78. The van der Waals surface area contributed by atoms with Crippen molar-refractivity contribution in [3.63, 3.8) is 0 Å². The third kappa shape index (κ3) is 3.33. The molecule has 0 saturated carbocycles. The molecule has 1 aromatic rings. The summed E-state index contributed by atoms with van der Waals surface area (Å²) in [7, 11) is 0. The van der Waals surface area contributed by atoms with Crippen molar-refractivity contribution in [1.82, 2.24) is 14.9 Å². The highest BCUT2D eigenvalue weighted by molar-refractivity contribution is 5.92. The minimum Gasteiger partial charge on any atom is -0.481 e. The van der Waals surface area contributed by atoms with E-state index in [1.54, 1.807) is 4.90 Å². The summed E-state index contributed by atoms with van der Waals surface area (Å²) in [4.78, 5) is 31.4. The molecule has 1 saturated heterocycles.